The van der Waals surface area contributed by atoms with Crippen molar-refractivity contribution in [1.29, 1.82) is 0 Å². The Morgan fingerprint density at radius 2 is 1.77 bits per heavy atom. The minimum Gasteiger partial charge on any atom is -0.497 e. The molecular weight excluding hydrogens is 274 g/mol. The number of benzene rings is 2. The van der Waals surface area contributed by atoms with Crippen LogP contribution in [0.2, 0.25) is 0 Å². The number of ether oxygens (including phenoxy) is 1. The van der Waals surface area contributed by atoms with E-state index in [4.69, 9.17) is 4.74 Å². The van der Waals surface area contributed by atoms with Gasteiger partial charge in [0.2, 0.25) is 0 Å². The van der Waals surface area contributed by atoms with Gasteiger partial charge in [-0.25, -0.2) is 4.98 Å². The molecule has 1 heterocycles. The smallest absolute Gasteiger partial charge is 0.120 e. The molecule has 2 N–H and O–H groups in total. The molecular formula is C18H19N3O. The number of aromatic amines is 1. The van der Waals surface area contributed by atoms with Crippen LogP contribution in [0.1, 0.15) is 11.4 Å². The molecule has 2 aromatic carbocycles. The van der Waals surface area contributed by atoms with Crippen LogP contribution in [-0.2, 0) is 13.1 Å². The molecule has 0 saturated carbocycles. The average Bonchev–Trinajstić information content (AvgIpc) is 3.05. The van der Waals surface area contributed by atoms with Crippen molar-refractivity contribution in [3.8, 4) is 17.0 Å². The summed E-state index contributed by atoms with van der Waals surface area (Å²) >= 11 is 0. The van der Waals surface area contributed by atoms with Crippen molar-refractivity contribution in [1.82, 2.24) is 15.3 Å². The van der Waals surface area contributed by atoms with Gasteiger partial charge in [0.05, 0.1) is 25.5 Å². The summed E-state index contributed by atoms with van der Waals surface area (Å²) in [6, 6.07) is 18.3. The van der Waals surface area contributed by atoms with Gasteiger partial charge in [-0.1, -0.05) is 42.5 Å². The quantitative estimate of drug-likeness (QED) is 0.732. The van der Waals surface area contributed by atoms with E-state index >= 15 is 0 Å². The van der Waals surface area contributed by atoms with E-state index in [-0.39, 0.29) is 0 Å². The maximum absolute atomic E-state index is 5.15. The number of hydrogen-bond acceptors (Lipinski definition) is 3. The molecule has 0 aliphatic carbocycles. The monoisotopic (exact) mass is 293 g/mol. The molecule has 1 aromatic heterocycles. The molecule has 3 rings (SSSR count). The first-order valence-electron chi connectivity index (χ1n) is 7.28. The summed E-state index contributed by atoms with van der Waals surface area (Å²) < 4.78 is 5.15. The number of hydrogen-bond donors (Lipinski definition) is 2. The Hall–Kier alpha value is -2.59. The molecule has 0 fully saturated rings. The van der Waals surface area contributed by atoms with Crippen LogP contribution in [0.3, 0.4) is 0 Å². The largest absolute Gasteiger partial charge is 0.497 e. The lowest BCUT2D eigenvalue weighted by atomic mass is 10.2. The van der Waals surface area contributed by atoms with Crippen LogP contribution < -0.4 is 10.1 Å². The Morgan fingerprint density at radius 1 is 1.00 bits per heavy atom. The number of rotatable bonds is 6. The minimum absolute atomic E-state index is 0.707. The lowest BCUT2D eigenvalue weighted by Crippen LogP contribution is -2.13. The van der Waals surface area contributed by atoms with Crippen LogP contribution in [-0.4, -0.2) is 17.1 Å². The molecule has 0 aliphatic rings. The standard InChI is InChI=1S/C18H19N3O/c1-22-16-9-7-14(8-10-16)11-19-13-18-20-12-17(21-18)15-5-3-2-4-6-15/h2-10,12,19H,11,13H2,1H3,(H,20,21). The summed E-state index contributed by atoms with van der Waals surface area (Å²) in [5, 5.41) is 3.39. The highest BCUT2D eigenvalue weighted by molar-refractivity contribution is 5.57. The summed E-state index contributed by atoms with van der Waals surface area (Å²) in [5.41, 5.74) is 3.41. The topological polar surface area (TPSA) is 49.9 Å². The zero-order valence-corrected chi connectivity index (χ0v) is 12.5. The van der Waals surface area contributed by atoms with Gasteiger partial charge in [0.15, 0.2) is 0 Å². The Morgan fingerprint density at radius 3 is 2.50 bits per heavy atom. The fraction of sp³-hybridized carbons (Fsp3) is 0.167. The summed E-state index contributed by atoms with van der Waals surface area (Å²) in [5.74, 6) is 1.81. The maximum atomic E-state index is 5.15. The number of imidazole rings is 1. The van der Waals surface area contributed by atoms with Crippen LogP contribution in [0.25, 0.3) is 11.3 Å². The Kier molecular flexibility index (Phi) is 4.51. The molecule has 4 heteroatoms. The third-order valence-corrected chi connectivity index (χ3v) is 3.49. The zero-order valence-electron chi connectivity index (χ0n) is 12.5. The van der Waals surface area contributed by atoms with Crippen LogP contribution in [0.4, 0.5) is 0 Å². The van der Waals surface area contributed by atoms with E-state index in [1.54, 1.807) is 7.11 Å². The molecule has 0 radical (unpaired) electrons. The van der Waals surface area contributed by atoms with Gasteiger partial charge in [-0.05, 0) is 23.3 Å². The van der Waals surface area contributed by atoms with Crippen molar-refractivity contribution in [2.24, 2.45) is 0 Å². The summed E-state index contributed by atoms with van der Waals surface area (Å²) in [4.78, 5) is 7.75. The zero-order chi connectivity index (χ0) is 15.2. The first-order valence-corrected chi connectivity index (χ1v) is 7.28. The minimum atomic E-state index is 0.707. The van der Waals surface area contributed by atoms with Crippen molar-refractivity contribution >= 4 is 0 Å². The highest BCUT2D eigenvalue weighted by atomic mass is 16.5. The summed E-state index contributed by atoms with van der Waals surface area (Å²) in [6.07, 6.45) is 1.87. The number of nitrogens with zero attached hydrogens (tertiary/aromatic N) is 1. The third-order valence-electron chi connectivity index (χ3n) is 3.49. The second-order valence-electron chi connectivity index (χ2n) is 5.06. The van der Waals surface area contributed by atoms with E-state index in [2.05, 4.69) is 39.6 Å². The van der Waals surface area contributed by atoms with Gasteiger partial charge < -0.3 is 15.0 Å². The van der Waals surface area contributed by atoms with Gasteiger partial charge in [-0.2, -0.15) is 0 Å². The normalized spacial score (nSPS) is 10.6. The van der Waals surface area contributed by atoms with E-state index in [9.17, 15) is 0 Å². The van der Waals surface area contributed by atoms with E-state index < -0.39 is 0 Å². The molecule has 22 heavy (non-hydrogen) atoms. The number of aromatic nitrogens is 2. The SMILES string of the molecule is COc1ccc(CNCc2ncc(-c3ccccc3)[nH]2)cc1. The van der Waals surface area contributed by atoms with Crippen LogP contribution in [0.15, 0.2) is 60.8 Å². The number of methoxy groups -OCH3 is 1. The average molecular weight is 293 g/mol. The van der Waals surface area contributed by atoms with E-state index in [0.29, 0.717) is 6.54 Å². The van der Waals surface area contributed by atoms with Crippen molar-refractivity contribution in [2.45, 2.75) is 13.1 Å². The van der Waals surface area contributed by atoms with Crippen molar-refractivity contribution in [3.05, 3.63) is 72.2 Å². The second-order valence-corrected chi connectivity index (χ2v) is 5.06. The van der Waals surface area contributed by atoms with Crippen LogP contribution in [0.5, 0.6) is 5.75 Å². The first-order chi connectivity index (χ1) is 10.8. The van der Waals surface area contributed by atoms with Gasteiger partial charge in [0, 0.05) is 6.54 Å². The molecule has 0 spiro atoms. The molecule has 0 saturated heterocycles. The Bertz CT molecular complexity index is 705. The van der Waals surface area contributed by atoms with Gasteiger partial charge in [0.25, 0.3) is 0 Å². The molecule has 112 valence electrons. The molecule has 4 nitrogen and oxygen atoms in total. The van der Waals surface area contributed by atoms with Crippen LogP contribution >= 0.6 is 0 Å². The van der Waals surface area contributed by atoms with Gasteiger partial charge >= 0.3 is 0 Å². The lowest BCUT2D eigenvalue weighted by molar-refractivity contribution is 0.414. The number of H-pyrrole nitrogens is 1. The second kappa shape index (κ2) is 6.91. The van der Waals surface area contributed by atoms with E-state index in [1.165, 1.54) is 5.56 Å². The predicted octanol–water partition coefficient (Wildman–Crippen LogP) is 3.38. The Labute approximate surface area is 130 Å². The van der Waals surface area contributed by atoms with Gasteiger partial charge in [-0.3, -0.25) is 0 Å². The highest BCUT2D eigenvalue weighted by Gasteiger charge is 2.02. The molecule has 0 aliphatic heterocycles. The van der Waals surface area contributed by atoms with Crippen molar-refractivity contribution in [2.75, 3.05) is 7.11 Å². The van der Waals surface area contributed by atoms with Crippen LogP contribution in [0, 0.1) is 0 Å². The Balaban J connectivity index is 1.54. The molecule has 0 bridgehead atoms. The maximum Gasteiger partial charge on any atom is 0.120 e. The molecule has 0 atom stereocenters. The fourth-order valence-electron chi connectivity index (χ4n) is 2.29. The van der Waals surface area contributed by atoms with Gasteiger partial charge in [-0.15, -0.1) is 0 Å². The molecule has 3 aromatic rings. The summed E-state index contributed by atoms with van der Waals surface area (Å²) in [7, 11) is 1.68. The first kappa shape index (κ1) is 14.4. The third kappa shape index (κ3) is 3.54. The summed E-state index contributed by atoms with van der Waals surface area (Å²) in [6.45, 7) is 1.50. The van der Waals surface area contributed by atoms with Crippen molar-refractivity contribution in [3.63, 3.8) is 0 Å². The lowest BCUT2D eigenvalue weighted by Gasteiger charge is -2.04. The molecule has 0 unspecified atom stereocenters. The highest BCUT2D eigenvalue weighted by Crippen LogP contribution is 2.16. The number of nitrogens with one attached hydrogen (secondary N) is 2. The van der Waals surface area contributed by atoms with Gasteiger partial charge in [0.1, 0.15) is 11.6 Å². The fourth-order valence-corrected chi connectivity index (χ4v) is 2.29. The van der Waals surface area contributed by atoms with E-state index in [0.717, 1.165) is 29.4 Å². The molecule has 0 amide bonds. The predicted molar refractivity (Wildman–Crippen MR) is 87.6 cm³/mol. The van der Waals surface area contributed by atoms with E-state index in [1.807, 2.05) is 36.5 Å². The van der Waals surface area contributed by atoms with Crippen molar-refractivity contribution < 1.29 is 4.74 Å².